The van der Waals surface area contributed by atoms with E-state index < -0.39 is 0 Å². The summed E-state index contributed by atoms with van der Waals surface area (Å²) in [7, 11) is 1.56. The lowest BCUT2D eigenvalue weighted by molar-refractivity contribution is 0.409. The molecule has 0 fully saturated rings. The molecule has 0 unspecified atom stereocenters. The summed E-state index contributed by atoms with van der Waals surface area (Å²) in [4.78, 5) is 9.98. The monoisotopic (exact) mass is 332 g/mol. The fourth-order valence-electron chi connectivity index (χ4n) is 2.20. The molecule has 8 heteroatoms. The molecule has 3 aromatic heterocycles. The molecular formula is C14H12N4O2S2. The third-order valence-electron chi connectivity index (χ3n) is 3.29. The highest BCUT2D eigenvalue weighted by molar-refractivity contribution is 7.22. The van der Waals surface area contributed by atoms with Crippen molar-refractivity contribution in [1.82, 2.24) is 19.6 Å². The first-order chi connectivity index (χ1) is 10.7. The van der Waals surface area contributed by atoms with Gasteiger partial charge < -0.3 is 9.84 Å². The summed E-state index contributed by atoms with van der Waals surface area (Å²) in [6, 6.07) is 3.39. The number of methoxy groups -OCH3 is 1. The Hall–Kier alpha value is -2.19. The normalized spacial score (nSPS) is 11.5. The number of phenolic OH excluding ortho intramolecular Hbond substituents is 1. The van der Waals surface area contributed by atoms with E-state index in [2.05, 4.69) is 22.0 Å². The quantitative estimate of drug-likeness (QED) is 0.623. The number of ether oxygens (including phenoxy) is 1. The number of aromatic nitrogens is 4. The van der Waals surface area contributed by atoms with Crippen LogP contribution in [-0.4, -0.2) is 31.8 Å². The summed E-state index contributed by atoms with van der Waals surface area (Å²) in [6.07, 6.45) is 2.77. The van der Waals surface area contributed by atoms with Crippen LogP contribution in [0, 0.1) is 0 Å². The Balaban J connectivity index is 1.84. The van der Waals surface area contributed by atoms with Crippen molar-refractivity contribution in [1.29, 1.82) is 0 Å². The van der Waals surface area contributed by atoms with Crippen molar-refractivity contribution < 1.29 is 9.84 Å². The van der Waals surface area contributed by atoms with E-state index in [0.29, 0.717) is 11.3 Å². The number of rotatable bonds is 3. The molecule has 0 saturated carbocycles. The minimum Gasteiger partial charge on any atom is -0.506 e. The van der Waals surface area contributed by atoms with Gasteiger partial charge in [0.25, 0.3) is 0 Å². The van der Waals surface area contributed by atoms with Crippen LogP contribution < -0.4 is 4.74 Å². The highest BCUT2D eigenvalue weighted by atomic mass is 32.1. The van der Waals surface area contributed by atoms with E-state index in [1.807, 2.05) is 6.20 Å². The van der Waals surface area contributed by atoms with Crippen LogP contribution in [0.4, 0.5) is 0 Å². The van der Waals surface area contributed by atoms with Gasteiger partial charge in [-0.1, -0.05) is 18.3 Å². The zero-order valence-corrected chi connectivity index (χ0v) is 13.5. The van der Waals surface area contributed by atoms with Gasteiger partial charge in [0.15, 0.2) is 0 Å². The van der Waals surface area contributed by atoms with Crippen LogP contribution in [0.2, 0.25) is 0 Å². The number of hydrogen-bond donors (Lipinski definition) is 1. The summed E-state index contributed by atoms with van der Waals surface area (Å²) in [5, 5.41) is 16.3. The lowest BCUT2D eigenvalue weighted by atomic mass is 10.3. The lowest BCUT2D eigenvalue weighted by Gasteiger charge is -1.99. The van der Waals surface area contributed by atoms with Crippen LogP contribution in [0.3, 0.4) is 0 Å². The molecule has 0 amide bonds. The second-order valence-corrected chi connectivity index (χ2v) is 6.76. The number of nitrogens with zero attached hydrogens (tertiary/aromatic N) is 4. The molecule has 0 aliphatic heterocycles. The van der Waals surface area contributed by atoms with Gasteiger partial charge in [0.1, 0.15) is 27.2 Å². The van der Waals surface area contributed by atoms with Crippen molar-refractivity contribution in [2.24, 2.45) is 0 Å². The van der Waals surface area contributed by atoms with Crippen molar-refractivity contribution >= 4 is 37.9 Å². The third kappa shape index (κ3) is 2.03. The topological polar surface area (TPSA) is 72.5 Å². The zero-order valence-electron chi connectivity index (χ0n) is 11.9. The second-order valence-electron chi connectivity index (χ2n) is 4.72. The Morgan fingerprint density at radius 1 is 1.27 bits per heavy atom. The average Bonchev–Trinajstić information content (AvgIpc) is 3.18. The summed E-state index contributed by atoms with van der Waals surface area (Å²) in [5.74, 6) is 0.757. The number of imidazole rings is 1. The molecule has 0 radical (unpaired) electrons. The van der Waals surface area contributed by atoms with Gasteiger partial charge in [-0.05, 0) is 6.42 Å². The summed E-state index contributed by atoms with van der Waals surface area (Å²) in [5.41, 5.74) is 1.47. The van der Waals surface area contributed by atoms with Crippen LogP contribution in [0.5, 0.6) is 11.5 Å². The number of benzene rings is 1. The maximum absolute atomic E-state index is 10.1. The van der Waals surface area contributed by atoms with Crippen molar-refractivity contribution in [3.63, 3.8) is 0 Å². The van der Waals surface area contributed by atoms with Gasteiger partial charge in [0.2, 0.25) is 4.96 Å². The molecule has 1 aromatic carbocycles. The predicted molar refractivity (Wildman–Crippen MR) is 87.1 cm³/mol. The molecule has 1 N–H and O–H groups in total. The second kappa shape index (κ2) is 4.92. The smallest absolute Gasteiger partial charge is 0.212 e. The summed E-state index contributed by atoms with van der Waals surface area (Å²) in [6.45, 7) is 2.07. The van der Waals surface area contributed by atoms with Crippen LogP contribution in [-0.2, 0) is 6.42 Å². The Morgan fingerprint density at radius 2 is 2.14 bits per heavy atom. The minimum atomic E-state index is 0.172. The number of thiazole rings is 1. The number of phenols is 1. The Bertz CT molecular complexity index is 954. The van der Waals surface area contributed by atoms with Crippen molar-refractivity contribution in [3.8, 4) is 22.2 Å². The van der Waals surface area contributed by atoms with Gasteiger partial charge in [-0.2, -0.15) is 5.10 Å². The molecule has 22 heavy (non-hydrogen) atoms. The first-order valence-electron chi connectivity index (χ1n) is 6.71. The molecule has 0 spiro atoms. The highest BCUT2D eigenvalue weighted by Crippen LogP contribution is 2.38. The molecule has 4 aromatic rings. The maximum atomic E-state index is 10.1. The Morgan fingerprint density at radius 3 is 2.86 bits per heavy atom. The number of aromatic hydroxyl groups is 1. The molecule has 0 aliphatic rings. The molecular weight excluding hydrogens is 320 g/mol. The predicted octanol–water partition coefficient (Wildman–Crippen LogP) is 3.34. The Labute approximate surface area is 133 Å². The lowest BCUT2D eigenvalue weighted by Crippen LogP contribution is -1.83. The van der Waals surface area contributed by atoms with E-state index in [-0.39, 0.29) is 5.75 Å². The van der Waals surface area contributed by atoms with E-state index in [0.717, 1.165) is 31.8 Å². The number of hydrogen-bond acceptors (Lipinski definition) is 7. The standard InChI is InChI=1S/C14H12N4O2S2/c1-3-11-17-18-6-9(16-14(18)21-11)13-15-8-4-7(20-2)5-10(19)12(8)22-13/h4-6,19H,3H2,1-2H3. The maximum Gasteiger partial charge on any atom is 0.212 e. The van der Waals surface area contributed by atoms with Crippen LogP contribution in [0.15, 0.2) is 18.3 Å². The summed E-state index contributed by atoms with van der Waals surface area (Å²) >= 11 is 2.99. The van der Waals surface area contributed by atoms with E-state index >= 15 is 0 Å². The van der Waals surface area contributed by atoms with E-state index in [1.54, 1.807) is 35.1 Å². The zero-order chi connectivity index (χ0) is 15.3. The van der Waals surface area contributed by atoms with Crippen molar-refractivity contribution in [2.75, 3.05) is 7.11 Å². The van der Waals surface area contributed by atoms with Crippen molar-refractivity contribution in [2.45, 2.75) is 13.3 Å². The molecule has 0 bridgehead atoms. The molecule has 0 atom stereocenters. The molecule has 112 valence electrons. The van der Waals surface area contributed by atoms with Crippen LogP contribution >= 0.6 is 22.7 Å². The largest absolute Gasteiger partial charge is 0.506 e. The first kappa shape index (κ1) is 13.5. The van der Waals surface area contributed by atoms with E-state index in [4.69, 9.17) is 4.74 Å². The van der Waals surface area contributed by atoms with E-state index in [9.17, 15) is 5.11 Å². The fourth-order valence-corrected chi connectivity index (χ4v) is 3.93. The van der Waals surface area contributed by atoms with Crippen LogP contribution in [0.1, 0.15) is 11.9 Å². The van der Waals surface area contributed by atoms with Crippen molar-refractivity contribution in [3.05, 3.63) is 23.3 Å². The SMILES string of the molecule is CCc1nn2cc(-c3nc4cc(OC)cc(O)c4s3)nc2s1. The molecule has 3 heterocycles. The molecule has 6 nitrogen and oxygen atoms in total. The van der Waals surface area contributed by atoms with Gasteiger partial charge in [0.05, 0.1) is 23.5 Å². The number of aryl methyl sites for hydroxylation is 1. The summed E-state index contributed by atoms with van der Waals surface area (Å²) < 4.78 is 7.67. The number of fused-ring (bicyclic) bond motifs is 2. The molecule has 0 aliphatic carbocycles. The van der Waals surface area contributed by atoms with Gasteiger partial charge >= 0.3 is 0 Å². The highest BCUT2D eigenvalue weighted by Gasteiger charge is 2.15. The molecule has 0 saturated heterocycles. The van der Waals surface area contributed by atoms with Gasteiger partial charge in [0, 0.05) is 12.1 Å². The minimum absolute atomic E-state index is 0.172. The van der Waals surface area contributed by atoms with Gasteiger partial charge in [-0.15, -0.1) is 11.3 Å². The Kier molecular flexibility index (Phi) is 3.02. The molecule has 4 rings (SSSR count). The fraction of sp³-hybridized carbons (Fsp3) is 0.214. The van der Waals surface area contributed by atoms with Gasteiger partial charge in [-0.3, -0.25) is 0 Å². The first-order valence-corrected chi connectivity index (χ1v) is 8.34. The third-order valence-corrected chi connectivity index (χ3v) is 5.47. The van der Waals surface area contributed by atoms with Crippen LogP contribution in [0.25, 0.3) is 25.9 Å². The average molecular weight is 332 g/mol. The van der Waals surface area contributed by atoms with Gasteiger partial charge in [-0.25, -0.2) is 14.5 Å². The van der Waals surface area contributed by atoms with E-state index in [1.165, 1.54) is 11.3 Å².